The first-order chi connectivity index (χ1) is 36.2. The molecule has 74 heavy (non-hydrogen) atoms. The molecule has 0 amide bonds. The van der Waals surface area contributed by atoms with Crippen LogP contribution in [0.5, 0.6) is 0 Å². The maximum absolute atomic E-state index is 12.9. The van der Waals surface area contributed by atoms with Crippen LogP contribution in [0.1, 0.15) is 329 Å². The standard InChI is InChI=1S/C62H119O11P/c1-4-7-10-13-16-19-22-24-26-28-29-31-33-35-38-41-44-47-50-53-62(66)73-59(55-69-60(64)51-48-45-42-39-36-21-18-15-12-9-6-3)57-71-74(67,68)70-56-58(54-63)72-61(65)52-49-46-43-40-37-34-32-30-27-25-23-20-17-14-11-8-5-2/h15,18,58-59,63H,4-14,16-17,19-57H2,1-3H3,(H,67,68)/b18-15-. The van der Waals surface area contributed by atoms with Crippen molar-refractivity contribution in [3.8, 4) is 0 Å². The highest BCUT2D eigenvalue weighted by Crippen LogP contribution is 2.43. The number of hydrogen-bond acceptors (Lipinski definition) is 10. The lowest BCUT2D eigenvalue weighted by Crippen LogP contribution is -2.30. The lowest BCUT2D eigenvalue weighted by molar-refractivity contribution is -0.161. The summed E-state index contributed by atoms with van der Waals surface area (Å²) in [5.74, 6) is -1.44. The van der Waals surface area contributed by atoms with Crippen LogP contribution in [0.4, 0.5) is 0 Å². The molecule has 0 heterocycles. The first-order valence-electron chi connectivity index (χ1n) is 31.6. The Morgan fingerprint density at radius 2 is 0.635 bits per heavy atom. The van der Waals surface area contributed by atoms with Gasteiger partial charge in [0.15, 0.2) is 6.10 Å². The molecule has 0 bridgehead atoms. The molecule has 11 nitrogen and oxygen atoms in total. The third-order valence-electron chi connectivity index (χ3n) is 14.2. The largest absolute Gasteiger partial charge is 0.472 e. The predicted octanol–water partition coefficient (Wildman–Crippen LogP) is 18.8. The maximum atomic E-state index is 12.9. The number of allylic oxidation sites excluding steroid dienone is 2. The number of rotatable bonds is 60. The molecular formula is C62H119O11P. The van der Waals surface area contributed by atoms with Gasteiger partial charge in [0.25, 0.3) is 0 Å². The van der Waals surface area contributed by atoms with Crippen LogP contribution in [0.2, 0.25) is 0 Å². The topological polar surface area (TPSA) is 155 Å². The van der Waals surface area contributed by atoms with Gasteiger partial charge in [-0.2, -0.15) is 0 Å². The van der Waals surface area contributed by atoms with E-state index in [4.69, 9.17) is 23.3 Å². The molecule has 0 aliphatic heterocycles. The summed E-state index contributed by atoms with van der Waals surface area (Å²) in [6.07, 6.45) is 57.4. The smallest absolute Gasteiger partial charge is 0.462 e. The van der Waals surface area contributed by atoms with Crippen molar-refractivity contribution < 1.29 is 52.2 Å². The summed E-state index contributed by atoms with van der Waals surface area (Å²) in [5, 5.41) is 9.84. The molecule has 3 unspecified atom stereocenters. The minimum Gasteiger partial charge on any atom is -0.462 e. The zero-order chi connectivity index (χ0) is 54.1. The summed E-state index contributed by atoms with van der Waals surface area (Å²) in [6.45, 7) is 4.68. The Hall–Kier alpha value is -1.78. The summed E-state index contributed by atoms with van der Waals surface area (Å²) in [7, 11) is -4.74. The molecule has 0 aliphatic carbocycles. The van der Waals surface area contributed by atoms with E-state index < -0.39 is 57.8 Å². The fourth-order valence-electron chi connectivity index (χ4n) is 9.34. The summed E-state index contributed by atoms with van der Waals surface area (Å²) in [4.78, 5) is 48.6. The SMILES string of the molecule is CCCC/C=C\CCCCCCCC(=O)OCC(COP(=O)(O)OCC(CO)OC(=O)CCCCCCCCCCCCCCCCCCC)OC(=O)CCCCCCCCCCCCCCCCCCCCC. The van der Waals surface area contributed by atoms with E-state index in [1.807, 2.05) is 0 Å². The molecule has 0 aromatic heterocycles. The maximum Gasteiger partial charge on any atom is 0.472 e. The molecular weight excluding hydrogens is 952 g/mol. The Labute approximate surface area is 456 Å². The number of aliphatic hydroxyl groups is 1. The average molecular weight is 1070 g/mol. The van der Waals surface area contributed by atoms with E-state index in [0.717, 1.165) is 77.0 Å². The summed E-state index contributed by atoms with van der Waals surface area (Å²) >= 11 is 0. The Bertz CT molecular complexity index is 1290. The highest BCUT2D eigenvalue weighted by molar-refractivity contribution is 7.47. The van der Waals surface area contributed by atoms with E-state index in [0.29, 0.717) is 19.3 Å². The minimum absolute atomic E-state index is 0.175. The van der Waals surface area contributed by atoms with Gasteiger partial charge in [0.1, 0.15) is 12.7 Å². The molecule has 438 valence electrons. The minimum atomic E-state index is -4.74. The van der Waals surface area contributed by atoms with Crippen LogP contribution in [0.15, 0.2) is 12.2 Å². The van der Waals surface area contributed by atoms with Crippen LogP contribution in [-0.2, 0) is 42.2 Å². The third kappa shape index (κ3) is 55.0. The van der Waals surface area contributed by atoms with Gasteiger partial charge in [-0.15, -0.1) is 0 Å². The highest BCUT2D eigenvalue weighted by atomic mass is 31.2. The second-order valence-corrected chi connectivity index (χ2v) is 23.0. The van der Waals surface area contributed by atoms with Gasteiger partial charge in [-0.1, -0.05) is 283 Å². The number of carbonyl (C=O) groups excluding carboxylic acids is 3. The van der Waals surface area contributed by atoms with E-state index >= 15 is 0 Å². The number of aliphatic hydroxyl groups excluding tert-OH is 1. The predicted molar refractivity (Wildman–Crippen MR) is 307 cm³/mol. The van der Waals surface area contributed by atoms with E-state index in [1.165, 1.54) is 193 Å². The molecule has 0 aliphatic rings. The normalized spacial score (nSPS) is 13.3. The molecule has 0 aromatic carbocycles. The van der Waals surface area contributed by atoms with Gasteiger partial charge in [-0.25, -0.2) is 4.57 Å². The Balaban J connectivity index is 4.57. The number of ether oxygens (including phenoxy) is 3. The molecule has 0 spiro atoms. The van der Waals surface area contributed by atoms with Gasteiger partial charge in [-0.05, 0) is 38.5 Å². The third-order valence-corrected chi connectivity index (χ3v) is 15.1. The van der Waals surface area contributed by atoms with E-state index in [1.54, 1.807) is 0 Å². The second kappa shape index (κ2) is 57.4. The molecule has 0 saturated heterocycles. The quantitative estimate of drug-likeness (QED) is 0.0197. The number of phosphoric acid groups is 1. The second-order valence-electron chi connectivity index (χ2n) is 21.6. The van der Waals surface area contributed by atoms with Gasteiger partial charge in [-0.3, -0.25) is 23.4 Å². The molecule has 0 radical (unpaired) electrons. The number of phosphoric ester groups is 1. The fraction of sp³-hybridized carbons (Fsp3) is 0.919. The Morgan fingerprint density at radius 3 is 0.973 bits per heavy atom. The average Bonchev–Trinajstić information content (AvgIpc) is 3.39. The van der Waals surface area contributed by atoms with Crippen molar-refractivity contribution in [2.45, 2.75) is 341 Å². The number of unbranched alkanes of at least 4 members (excludes halogenated alkanes) is 41. The lowest BCUT2D eigenvalue weighted by atomic mass is 10.0. The molecule has 0 saturated carbocycles. The van der Waals surface area contributed by atoms with Gasteiger partial charge >= 0.3 is 25.7 Å². The van der Waals surface area contributed by atoms with Crippen molar-refractivity contribution >= 4 is 25.7 Å². The lowest BCUT2D eigenvalue weighted by Gasteiger charge is -2.21. The van der Waals surface area contributed by atoms with Gasteiger partial charge in [0, 0.05) is 19.3 Å². The number of esters is 3. The zero-order valence-corrected chi connectivity index (χ0v) is 49.5. The molecule has 3 atom stereocenters. The zero-order valence-electron chi connectivity index (χ0n) is 48.6. The molecule has 2 N–H and O–H groups in total. The molecule has 12 heteroatoms. The first-order valence-corrected chi connectivity index (χ1v) is 33.1. The number of hydrogen-bond donors (Lipinski definition) is 2. The van der Waals surface area contributed by atoms with E-state index in [9.17, 15) is 28.9 Å². The monoisotopic (exact) mass is 1070 g/mol. The molecule has 0 rings (SSSR count). The van der Waals surface area contributed by atoms with Gasteiger partial charge < -0.3 is 24.2 Å². The van der Waals surface area contributed by atoms with Crippen LogP contribution in [0.3, 0.4) is 0 Å². The summed E-state index contributed by atoms with van der Waals surface area (Å²) in [5.41, 5.74) is 0. The van der Waals surface area contributed by atoms with E-state index in [-0.39, 0.29) is 25.9 Å². The van der Waals surface area contributed by atoms with Crippen molar-refractivity contribution in [3.63, 3.8) is 0 Å². The van der Waals surface area contributed by atoms with Crippen LogP contribution in [0.25, 0.3) is 0 Å². The molecule has 0 aromatic rings. The van der Waals surface area contributed by atoms with Crippen molar-refractivity contribution in [1.29, 1.82) is 0 Å². The van der Waals surface area contributed by atoms with Crippen molar-refractivity contribution in [2.75, 3.05) is 26.4 Å². The van der Waals surface area contributed by atoms with E-state index in [2.05, 4.69) is 32.9 Å². The van der Waals surface area contributed by atoms with Gasteiger partial charge in [0.05, 0.1) is 19.8 Å². The van der Waals surface area contributed by atoms with Crippen LogP contribution in [-0.4, -0.2) is 66.5 Å². The number of carbonyl (C=O) groups is 3. The van der Waals surface area contributed by atoms with Gasteiger partial charge in [0.2, 0.25) is 0 Å². The van der Waals surface area contributed by atoms with Crippen molar-refractivity contribution in [2.24, 2.45) is 0 Å². The Morgan fingerprint density at radius 1 is 0.365 bits per heavy atom. The highest BCUT2D eigenvalue weighted by Gasteiger charge is 2.28. The van der Waals surface area contributed by atoms with Crippen LogP contribution >= 0.6 is 7.82 Å². The van der Waals surface area contributed by atoms with Crippen molar-refractivity contribution in [3.05, 3.63) is 12.2 Å². The summed E-state index contributed by atoms with van der Waals surface area (Å²) < 4.78 is 39.6. The fourth-order valence-corrected chi connectivity index (χ4v) is 10.1. The first kappa shape index (κ1) is 72.2. The summed E-state index contributed by atoms with van der Waals surface area (Å²) in [6, 6.07) is 0. The van der Waals surface area contributed by atoms with Crippen molar-refractivity contribution in [1.82, 2.24) is 0 Å². The Kier molecular flexibility index (Phi) is 56.0. The molecule has 0 fully saturated rings. The van der Waals surface area contributed by atoms with Crippen LogP contribution < -0.4 is 0 Å². The van der Waals surface area contributed by atoms with Crippen LogP contribution in [0, 0.1) is 0 Å².